The Morgan fingerprint density at radius 1 is 1.15 bits per heavy atom. The molecular weight excluding hydrogens is 447 g/mol. The first-order valence-corrected chi connectivity index (χ1v) is 10.5. The van der Waals surface area contributed by atoms with Crippen molar-refractivity contribution in [2.24, 2.45) is 0 Å². The lowest BCUT2D eigenvalue weighted by atomic mass is 10.0. The number of nitrogens with zero attached hydrogens (tertiary/aromatic N) is 4. The highest BCUT2D eigenvalue weighted by Gasteiger charge is 2.33. The molecule has 0 radical (unpaired) electrons. The van der Waals surface area contributed by atoms with Crippen LogP contribution in [0.3, 0.4) is 0 Å². The molecule has 0 aliphatic heterocycles. The van der Waals surface area contributed by atoms with Crippen molar-refractivity contribution in [2.75, 3.05) is 5.32 Å². The number of fused-ring (bicyclic) bond motifs is 1. The van der Waals surface area contributed by atoms with Crippen molar-refractivity contribution in [3.8, 4) is 11.1 Å². The second kappa shape index (κ2) is 8.86. The van der Waals surface area contributed by atoms with Gasteiger partial charge >= 0.3 is 6.18 Å². The van der Waals surface area contributed by atoms with Gasteiger partial charge in [-0.05, 0) is 50.6 Å². The zero-order chi connectivity index (χ0) is 24.5. The number of halogens is 3. The molecule has 176 valence electrons. The summed E-state index contributed by atoms with van der Waals surface area (Å²) in [5.74, 6) is -0.773. The van der Waals surface area contributed by atoms with Crippen LogP contribution in [0, 0.1) is 0 Å². The van der Waals surface area contributed by atoms with Crippen molar-refractivity contribution < 1.29 is 23.1 Å². The summed E-state index contributed by atoms with van der Waals surface area (Å²) < 4.78 is 40.8. The normalized spacial score (nSPS) is 12.2. The molecule has 4 aromatic rings. The highest BCUT2D eigenvalue weighted by molar-refractivity contribution is 6.07. The van der Waals surface area contributed by atoms with E-state index in [0.29, 0.717) is 35.3 Å². The largest absolute Gasteiger partial charge is 0.433 e. The molecule has 0 bridgehead atoms. The maximum absolute atomic E-state index is 13.0. The first kappa shape index (κ1) is 23.4. The summed E-state index contributed by atoms with van der Waals surface area (Å²) >= 11 is 0. The Hall–Kier alpha value is -3.79. The fourth-order valence-electron chi connectivity index (χ4n) is 3.40. The molecule has 4 rings (SSSR count). The number of benzene rings is 1. The molecule has 0 saturated carbocycles. The predicted molar refractivity (Wildman–Crippen MR) is 121 cm³/mol. The molecule has 7 nitrogen and oxygen atoms in total. The minimum absolute atomic E-state index is 0.354. The Balaban J connectivity index is 1.72. The predicted octanol–water partition coefficient (Wildman–Crippen LogP) is 4.93. The number of carbonyl (C=O) groups is 1. The first-order valence-electron chi connectivity index (χ1n) is 10.5. The third-order valence-corrected chi connectivity index (χ3v) is 5.14. The molecule has 0 atom stereocenters. The SMILES string of the molecule is CC(C)(O)CCn1cc2cc(NC(=O)c3cccc(C(F)(F)F)n3)c(-c3cccnc3)cc2n1. The molecule has 2 N–H and O–H groups in total. The van der Waals surface area contributed by atoms with Gasteiger partial charge in [0.05, 0.1) is 11.1 Å². The number of aromatic nitrogens is 4. The number of alkyl halides is 3. The van der Waals surface area contributed by atoms with Gasteiger partial charge in [0.25, 0.3) is 5.91 Å². The monoisotopic (exact) mass is 469 g/mol. The second-order valence-corrected chi connectivity index (χ2v) is 8.51. The first-order chi connectivity index (χ1) is 16.0. The van der Waals surface area contributed by atoms with Crippen LogP contribution in [0.2, 0.25) is 0 Å². The topological polar surface area (TPSA) is 92.9 Å². The maximum Gasteiger partial charge on any atom is 0.433 e. The van der Waals surface area contributed by atoms with Crippen molar-refractivity contribution in [3.63, 3.8) is 0 Å². The average Bonchev–Trinajstić information content (AvgIpc) is 3.19. The molecular formula is C24H22F3N5O2. The number of aryl methyl sites for hydroxylation is 1. The van der Waals surface area contributed by atoms with Crippen LogP contribution >= 0.6 is 0 Å². The van der Waals surface area contributed by atoms with Gasteiger partial charge in [0, 0.05) is 47.3 Å². The van der Waals surface area contributed by atoms with Gasteiger partial charge in [0.15, 0.2) is 0 Å². The number of pyridine rings is 2. The number of aliphatic hydroxyl groups is 1. The molecule has 0 saturated heterocycles. The summed E-state index contributed by atoms with van der Waals surface area (Å²) in [5.41, 5.74) is -0.00661. The molecule has 0 fully saturated rings. The second-order valence-electron chi connectivity index (χ2n) is 8.51. The van der Waals surface area contributed by atoms with E-state index in [1.807, 2.05) is 0 Å². The lowest BCUT2D eigenvalue weighted by Gasteiger charge is -2.16. The summed E-state index contributed by atoms with van der Waals surface area (Å²) in [6, 6.07) is 10.2. The van der Waals surface area contributed by atoms with Crippen LogP contribution in [-0.4, -0.2) is 36.4 Å². The molecule has 0 aliphatic rings. The third kappa shape index (κ3) is 5.40. The number of hydrogen-bond donors (Lipinski definition) is 2. The zero-order valence-corrected chi connectivity index (χ0v) is 18.5. The van der Waals surface area contributed by atoms with E-state index in [2.05, 4.69) is 20.4 Å². The molecule has 0 aliphatic carbocycles. The van der Waals surface area contributed by atoms with E-state index < -0.39 is 23.4 Å². The van der Waals surface area contributed by atoms with E-state index in [-0.39, 0.29) is 5.69 Å². The molecule has 0 unspecified atom stereocenters. The van der Waals surface area contributed by atoms with Gasteiger partial charge in [0.1, 0.15) is 11.4 Å². The van der Waals surface area contributed by atoms with Crippen LogP contribution in [0.15, 0.2) is 61.1 Å². The van der Waals surface area contributed by atoms with E-state index in [9.17, 15) is 23.1 Å². The van der Waals surface area contributed by atoms with Crippen LogP contribution in [-0.2, 0) is 12.7 Å². The van der Waals surface area contributed by atoms with E-state index >= 15 is 0 Å². The number of anilines is 1. The Labute approximate surface area is 193 Å². The molecule has 3 aromatic heterocycles. The van der Waals surface area contributed by atoms with E-state index in [1.54, 1.807) is 61.4 Å². The van der Waals surface area contributed by atoms with Crippen LogP contribution < -0.4 is 5.32 Å². The van der Waals surface area contributed by atoms with Gasteiger partial charge in [0.2, 0.25) is 0 Å². The smallest absolute Gasteiger partial charge is 0.390 e. The molecule has 0 spiro atoms. The van der Waals surface area contributed by atoms with E-state index in [4.69, 9.17) is 0 Å². The van der Waals surface area contributed by atoms with E-state index in [0.717, 1.165) is 17.5 Å². The Bertz CT molecular complexity index is 1330. The van der Waals surface area contributed by atoms with Crippen molar-refractivity contribution in [1.82, 2.24) is 19.7 Å². The quantitative estimate of drug-likeness (QED) is 0.418. The van der Waals surface area contributed by atoms with E-state index in [1.165, 1.54) is 6.07 Å². The summed E-state index contributed by atoms with van der Waals surface area (Å²) in [6.07, 6.45) is 0.837. The lowest BCUT2D eigenvalue weighted by Crippen LogP contribution is -2.21. The van der Waals surface area contributed by atoms with Crippen LogP contribution in [0.25, 0.3) is 22.0 Å². The van der Waals surface area contributed by atoms with Crippen molar-refractivity contribution in [3.05, 3.63) is 72.4 Å². The van der Waals surface area contributed by atoms with Gasteiger partial charge in [-0.25, -0.2) is 4.98 Å². The maximum atomic E-state index is 13.0. The average molecular weight is 469 g/mol. The number of rotatable bonds is 6. The Morgan fingerprint density at radius 3 is 2.62 bits per heavy atom. The summed E-state index contributed by atoms with van der Waals surface area (Å²) in [7, 11) is 0. The summed E-state index contributed by atoms with van der Waals surface area (Å²) in [5, 5.41) is 18.0. The van der Waals surface area contributed by atoms with Crippen LogP contribution in [0.4, 0.5) is 18.9 Å². The molecule has 1 aromatic carbocycles. The molecule has 1 amide bonds. The molecule has 34 heavy (non-hydrogen) atoms. The Kier molecular flexibility index (Phi) is 6.09. The fourth-order valence-corrected chi connectivity index (χ4v) is 3.40. The summed E-state index contributed by atoms with van der Waals surface area (Å²) in [6.45, 7) is 3.91. The van der Waals surface area contributed by atoms with Gasteiger partial charge < -0.3 is 10.4 Å². The number of amides is 1. The van der Waals surface area contributed by atoms with Gasteiger partial charge in [-0.1, -0.05) is 12.1 Å². The molecule has 10 heteroatoms. The highest BCUT2D eigenvalue weighted by Crippen LogP contribution is 2.33. The van der Waals surface area contributed by atoms with Crippen molar-refractivity contribution in [1.29, 1.82) is 0 Å². The Morgan fingerprint density at radius 2 is 1.94 bits per heavy atom. The highest BCUT2D eigenvalue weighted by atomic mass is 19.4. The van der Waals surface area contributed by atoms with Crippen LogP contribution in [0.5, 0.6) is 0 Å². The van der Waals surface area contributed by atoms with Crippen molar-refractivity contribution >= 4 is 22.5 Å². The third-order valence-electron chi connectivity index (χ3n) is 5.14. The van der Waals surface area contributed by atoms with Gasteiger partial charge in [-0.15, -0.1) is 0 Å². The summed E-state index contributed by atoms with van der Waals surface area (Å²) in [4.78, 5) is 20.4. The van der Waals surface area contributed by atoms with Gasteiger partial charge in [-0.2, -0.15) is 18.3 Å². The number of hydrogen-bond acceptors (Lipinski definition) is 5. The number of nitrogens with one attached hydrogen (secondary N) is 1. The van der Waals surface area contributed by atoms with Crippen LogP contribution in [0.1, 0.15) is 36.5 Å². The van der Waals surface area contributed by atoms with Gasteiger partial charge in [-0.3, -0.25) is 14.5 Å². The standard InChI is InChI=1S/C24H22F3N5O2/c1-23(2,34)8-10-32-14-16-11-20(17(12-19(16)31-32)15-5-4-9-28-13-15)30-22(33)18-6-3-7-21(29-18)24(25,26)27/h3-7,9,11-14,34H,8,10H2,1-2H3,(H,30,33). The minimum atomic E-state index is -4.66. The molecule has 3 heterocycles. The number of carbonyl (C=O) groups excluding carboxylic acids is 1. The van der Waals surface area contributed by atoms with Crippen molar-refractivity contribution in [2.45, 2.75) is 38.6 Å². The fraction of sp³-hybridized carbons (Fsp3) is 0.250. The zero-order valence-electron chi connectivity index (χ0n) is 18.5. The minimum Gasteiger partial charge on any atom is -0.390 e. The lowest BCUT2D eigenvalue weighted by molar-refractivity contribution is -0.141.